The largest absolute Gasteiger partial charge is 0.507 e. The van der Waals surface area contributed by atoms with Crippen molar-refractivity contribution < 1.29 is 40.1 Å². The van der Waals surface area contributed by atoms with Crippen LogP contribution >= 0.6 is 22.7 Å². The molecule has 0 aliphatic rings. The van der Waals surface area contributed by atoms with Crippen molar-refractivity contribution in [3.8, 4) is 77.1 Å². The Morgan fingerprint density at radius 3 is 1.33 bits per heavy atom. The summed E-state index contributed by atoms with van der Waals surface area (Å²) in [6.07, 6.45) is 3.49. The minimum atomic E-state index is -0.0438. The minimum Gasteiger partial charge on any atom is -0.507 e. The van der Waals surface area contributed by atoms with Crippen LogP contribution in [-0.4, -0.2) is 32.6 Å². The molecule has 0 saturated heterocycles. The van der Waals surface area contributed by atoms with Crippen molar-refractivity contribution in [1.82, 2.24) is 9.97 Å². The van der Waals surface area contributed by atoms with Gasteiger partial charge in [-0.3, -0.25) is 9.98 Å². The standard InChI is InChI=1S/C42H32N2O2S.C42H31N2O2S.Pt/c2*1-42(2,3)29-20-21-36(45)28(22-29)25-43-35-18-9-7-15-33(35)41-44-39-34(26-12-5-4-6-13-26)23-27(24-38(39)47-41)30-16-11-17-32-31-14-8-10-19-37(31)46-40(30)32;/h4-25,45H,1-3H3;4-12,14-25,45H,1-3H3;/q;-1;. The Morgan fingerprint density at radius 1 is 0.400 bits per heavy atom. The molecular weight excluding hydrogens is 1390 g/mol. The summed E-state index contributed by atoms with van der Waals surface area (Å²) in [6, 6.07) is 87.4. The molecule has 0 aliphatic heterocycles. The number of aliphatic imine (C=N–C) groups is 2. The first-order valence-electron chi connectivity index (χ1n) is 31.3. The third-order valence-electron chi connectivity index (χ3n) is 17.2. The van der Waals surface area contributed by atoms with Crippen LogP contribution in [0.2, 0.25) is 0 Å². The molecule has 16 aromatic rings. The molecular formula is C84H63N4O4PtS2-. The molecule has 4 aromatic heterocycles. The van der Waals surface area contributed by atoms with E-state index in [4.69, 9.17) is 28.8 Å². The fraction of sp³-hybridized carbons (Fsp3) is 0.0952. The summed E-state index contributed by atoms with van der Waals surface area (Å²) >= 11 is 3.30. The van der Waals surface area contributed by atoms with E-state index in [0.717, 1.165) is 152 Å². The van der Waals surface area contributed by atoms with Gasteiger partial charge in [0, 0.05) is 104 Å². The van der Waals surface area contributed by atoms with E-state index in [1.165, 1.54) is 0 Å². The summed E-state index contributed by atoms with van der Waals surface area (Å²) in [5.74, 6) is 0.411. The Labute approximate surface area is 573 Å². The summed E-state index contributed by atoms with van der Waals surface area (Å²) in [7, 11) is 0. The third kappa shape index (κ3) is 12.2. The van der Waals surface area contributed by atoms with Crippen molar-refractivity contribution in [3.63, 3.8) is 0 Å². The van der Waals surface area contributed by atoms with Crippen molar-refractivity contribution in [2.24, 2.45) is 9.98 Å². The molecule has 0 unspecified atom stereocenters. The molecule has 12 aromatic carbocycles. The second-order valence-electron chi connectivity index (χ2n) is 25.6. The molecule has 0 bridgehead atoms. The van der Waals surface area contributed by atoms with Gasteiger partial charge >= 0.3 is 0 Å². The van der Waals surface area contributed by atoms with E-state index in [0.29, 0.717) is 11.1 Å². The fourth-order valence-electron chi connectivity index (χ4n) is 12.2. The Morgan fingerprint density at radius 2 is 0.832 bits per heavy atom. The van der Waals surface area contributed by atoms with Gasteiger partial charge in [-0.2, -0.15) is 0 Å². The zero-order chi connectivity index (χ0) is 64.2. The Balaban J connectivity index is 0.000000162. The maximum Gasteiger partial charge on any atom is 0.143 e. The second-order valence-corrected chi connectivity index (χ2v) is 27.6. The molecule has 0 radical (unpaired) electrons. The Kier molecular flexibility index (Phi) is 16.7. The summed E-state index contributed by atoms with van der Waals surface area (Å²) in [5, 5.41) is 27.4. The number of aromatic nitrogens is 2. The van der Waals surface area contributed by atoms with Gasteiger partial charge in [0.15, 0.2) is 0 Å². The number of fused-ring (bicyclic) bond motifs is 8. The van der Waals surface area contributed by atoms with E-state index < -0.39 is 0 Å². The van der Waals surface area contributed by atoms with Crippen molar-refractivity contribution >= 4 is 111 Å². The van der Waals surface area contributed by atoms with Gasteiger partial charge in [-0.05, 0) is 118 Å². The molecule has 0 spiro atoms. The maximum absolute atomic E-state index is 10.6. The number of benzene rings is 12. The van der Waals surface area contributed by atoms with E-state index in [1.54, 1.807) is 47.2 Å². The van der Waals surface area contributed by atoms with Crippen LogP contribution in [0.25, 0.3) is 130 Å². The molecule has 0 aliphatic carbocycles. The number of aromatic hydroxyl groups is 2. The van der Waals surface area contributed by atoms with Crippen molar-refractivity contribution in [2.45, 2.75) is 52.4 Å². The van der Waals surface area contributed by atoms with Crippen LogP contribution in [0.15, 0.2) is 268 Å². The first kappa shape index (κ1) is 62.1. The smallest absolute Gasteiger partial charge is 0.143 e. The SMILES string of the molecule is CC(C)(C)c1ccc(O)c(C=Nc2ccccc2-c2nc3c(-c4[c-]cccc4)cc(-c4cccc5c4oc4ccccc45)cc3s2)c1.CC(C)(C)c1ccc(O)c(C=Nc2ccccc2-c2nc3c(-c4ccccc4)cc(-c4cccc5c4oc4ccccc45)cc3s2)c1.[Pt]. The van der Waals surface area contributed by atoms with Gasteiger partial charge in [-0.1, -0.05) is 193 Å². The van der Waals surface area contributed by atoms with Crippen LogP contribution in [0.4, 0.5) is 11.4 Å². The molecule has 0 fully saturated rings. The quantitative estimate of drug-likeness (QED) is 0.104. The van der Waals surface area contributed by atoms with Gasteiger partial charge < -0.3 is 19.0 Å². The van der Waals surface area contributed by atoms with Crippen LogP contribution in [0.1, 0.15) is 63.8 Å². The minimum absolute atomic E-state index is 0. The van der Waals surface area contributed by atoms with Gasteiger partial charge in [-0.25, -0.2) is 9.97 Å². The van der Waals surface area contributed by atoms with Gasteiger partial charge in [-0.15, -0.1) is 58.6 Å². The number of rotatable bonds is 10. The third-order valence-corrected chi connectivity index (χ3v) is 19.3. The first-order chi connectivity index (χ1) is 45.7. The first-order valence-corrected chi connectivity index (χ1v) is 33.0. The molecule has 2 N–H and O–H groups in total. The Hall–Kier alpha value is -10.4. The van der Waals surface area contributed by atoms with Gasteiger partial charge in [0.05, 0.1) is 21.6 Å². The van der Waals surface area contributed by atoms with E-state index in [2.05, 4.69) is 169 Å². The average molecular weight is 1450 g/mol. The van der Waals surface area contributed by atoms with E-state index >= 15 is 0 Å². The van der Waals surface area contributed by atoms with Crippen molar-refractivity contribution in [2.75, 3.05) is 0 Å². The number of thiazole rings is 2. The van der Waals surface area contributed by atoms with Crippen molar-refractivity contribution in [3.05, 3.63) is 277 Å². The van der Waals surface area contributed by atoms with Crippen LogP contribution in [-0.2, 0) is 31.9 Å². The number of phenols is 2. The van der Waals surface area contributed by atoms with Crippen LogP contribution in [0.5, 0.6) is 11.5 Å². The number of phenolic OH excluding ortho intramolecular Hbond substituents is 2. The molecule has 16 rings (SSSR count). The summed E-state index contributed by atoms with van der Waals surface area (Å²) < 4.78 is 15.0. The number of nitrogens with zero attached hydrogens (tertiary/aromatic N) is 4. The average Bonchev–Trinajstić information content (AvgIpc) is 1.66. The number of para-hydroxylation sites is 6. The van der Waals surface area contributed by atoms with Crippen LogP contribution in [0.3, 0.4) is 0 Å². The number of furan rings is 2. The molecule has 4 heterocycles. The molecule has 8 nitrogen and oxygen atoms in total. The predicted molar refractivity (Wildman–Crippen MR) is 393 cm³/mol. The van der Waals surface area contributed by atoms with Gasteiger partial charge in [0.2, 0.25) is 0 Å². The van der Waals surface area contributed by atoms with E-state index in [-0.39, 0.29) is 43.4 Å². The summed E-state index contributed by atoms with van der Waals surface area (Å²) in [4.78, 5) is 20.2. The maximum atomic E-state index is 10.6. The topological polar surface area (TPSA) is 117 Å². The second kappa shape index (κ2) is 25.5. The monoisotopic (exact) mass is 1450 g/mol. The normalized spacial score (nSPS) is 12.0. The molecule has 466 valence electrons. The number of hydrogen-bond donors (Lipinski definition) is 2. The van der Waals surface area contributed by atoms with Crippen LogP contribution in [0, 0.1) is 6.07 Å². The predicted octanol–water partition coefficient (Wildman–Crippen LogP) is 23.7. The van der Waals surface area contributed by atoms with E-state index in [1.807, 2.05) is 115 Å². The number of hydrogen-bond acceptors (Lipinski definition) is 10. The van der Waals surface area contributed by atoms with Gasteiger partial charge in [0.25, 0.3) is 0 Å². The Bertz CT molecular complexity index is 5280. The molecule has 0 amide bonds. The zero-order valence-electron chi connectivity index (χ0n) is 53.0. The van der Waals surface area contributed by atoms with E-state index in [9.17, 15) is 10.2 Å². The zero-order valence-corrected chi connectivity index (χ0v) is 56.9. The summed E-state index contributed by atoms with van der Waals surface area (Å²) in [5.41, 5.74) is 20.8. The fourth-order valence-corrected chi connectivity index (χ4v) is 14.3. The molecule has 0 saturated carbocycles. The molecule has 0 atom stereocenters. The molecule has 11 heteroatoms. The summed E-state index contributed by atoms with van der Waals surface area (Å²) in [6.45, 7) is 13.0. The van der Waals surface area contributed by atoms with Gasteiger partial charge in [0.1, 0.15) is 43.8 Å². The molecule has 95 heavy (non-hydrogen) atoms. The van der Waals surface area contributed by atoms with Crippen molar-refractivity contribution in [1.29, 1.82) is 0 Å². The van der Waals surface area contributed by atoms with Crippen LogP contribution < -0.4 is 0 Å².